The molecule has 1 aliphatic rings. The molecule has 2 aromatic heterocycles. The van der Waals surface area contributed by atoms with Gasteiger partial charge in [-0.2, -0.15) is 14.0 Å². The number of hydrogen-bond acceptors (Lipinski definition) is 7. The SMILES string of the molecule is Cc1ccc(OC(F)F)c(Cn2c3cc(-c4cnc(N5CCN(C(=O)CC#N)[C@H](C)C5)nc4)ccc3c(=O)n2C)c1. The number of aryl methyl sites for hydroxylation is 1. The normalized spacial score (nSPS) is 15.4. The van der Waals surface area contributed by atoms with Crippen LogP contribution < -0.4 is 15.2 Å². The largest absolute Gasteiger partial charge is 0.434 e. The molecule has 41 heavy (non-hydrogen) atoms. The highest BCUT2D eigenvalue weighted by Gasteiger charge is 2.28. The predicted molar refractivity (Wildman–Crippen MR) is 149 cm³/mol. The van der Waals surface area contributed by atoms with Crippen LogP contribution in [-0.4, -0.2) is 62.4 Å². The van der Waals surface area contributed by atoms with E-state index in [1.165, 1.54) is 10.7 Å². The molecule has 2 aromatic carbocycles. The molecule has 10 nitrogen and oxygen atoms in total. The van der Waals surface area contributed by atoms with Crippen LogP contribution >= 0.6 is 0 Å². The van der Waals surface area contributed by atoms with Crippen LogP contribution in [-0.2, 0) is 18.4 Å². The van der Waals surface area contributed by atoms with E-state index in [2.05, 4.69) is 9.97 Å². The van der Waals surface area contributed by atoms with Gasteiger partial charge in [-0.1, -0.05) is 23.8 Å². The van der Waals surface area contributed by atoms with Crippen molar-refractivity contribution in [3.05, 3.63) is 70.3 Å². The number of piperazine rings is 1. The van der Waals surface area contributed by atoms with Crippen LogP contribution in [0.2, 0.25) is 0 Å². The van der Waals surface area contributed by atoms with E-state index in [9.17, 15) is 18.4 Å². The van der Waals surface area contributed by atoms with Crippen LogP contribution in [0.15, 0.2) is 53.6 Å². The van der Waals surface area contributed by atoms with Crippen molar-refractivity contribution in [3.63, 3.8) is 0 Å². The molecule has 1 amide bonds. The number of carbonyl (C=O) groups excluding carboxylic acids is 1. The van der Waals surface area contributed by atoms with Gasteiger partial charge in [0.2, 0.25) is 11.9 Å². The highest BCUT2D eigenvalue weighted by Crippen LogP contribution is 2.27. The first-order chi connectivity index (χ1) is 19.7. The van der Waals surface area contributed by atoms with E-state index >= 15 is 0 Å². The Balaban J connectivity index is 1.41. The van der Waals surface area contributed by atoms with Gasteiger partial charge in [-0.25, -0.2) is 9.97 Å². The molecule has 0 unspecified atom stereocenters. The number of benzene rings is 2. The summed E-state index contributed by atoms with van der Waals surface area (Å²) in [6, 6.07) is 12.2. The fraction of sp³-hybridized carbons (Fsp3) is 0.345. The molecule has 5 rings (SSSR count). The molecule has 1 saturated heterocycles. The number of hydrogen-bond donors (Lipinski definition) is 0. The van der Waals surface area contributed by atoms with Crippen molar-refractivity contribution in [3.8, 4) is 22.9 Å². The summed E-state index contributed by atoms with van der Waals surface area (Å²) in [5.74, 6) is 0.423. The Morgan fingerprint density at radius 2 is 1.90 bits per heavy atom. The number of ether oxygens (including phenoxy) is 1. The number of fused-ring (bicyclic) bond motifs is 1. The van der Waals surface area contributed by atoms with Gasteiger partial charge in [0.05, 0.1) is 23.5 Å². The maximum atomic E-state index is 13.0. The van der Waals surface area contributed by atoms with E-state index in [0.717, 1.165) is 16.7 Å². The summed E-state index contributed by atoms with van der Waals surface area (Å²) in [6.45, 7) is 2.57. The average molecular weight is 562 g/mol. The van der Waals surface area contributed by atoms with E-state index in [1.54, 1.807) is 47.2 Å². The molecule has 0 aliphatic carbocycles. The molecule has 0 spiro atoms. The summed E-state index contributed by atoms with van der Waals surface area (Å²) in [5.41, 5.74) is 3.37. The Bertz CT molecular complexity index is 1690. The summed E-state index contributed by atoms with van der Waals surface area (Å²) in [5, 5.41) is 9.33. The smallest absolute Gasteiger partial charge is 0.387 e. The molecule has 12 heteroatoms. The van der Waals surface area contributed by atoms with Gasteiger partial charge >= 0.3 is 6.61 Å². The Morgan fingerprint density at radius 3 is 2.59 bits per heavy atom. The molecule has 1 fully saturated rings. The quantitative estimate of drug-likeness (QED) is 0.338. The standard InChI is InChI=1S/C29H29F2N7O3/c1-18-4-7-25(41-28(30)31)21(12-18)17-38-24-13-20(5-6-23(24)27(40)35(38)3)22-14-33-29(34-15-22)36-10-11-37(19(2)16-36)26(39)8-9-32/h4-7,12-15,19,28H,8,10-11,16-17H2,1-3H3/t19-/m1/s1. The van der Waals surface area contributed by atoms with E-state index in [1.807, 2.05) is 36.9 Å². The molecule has 1 atom stereocenters. The molecular formula is C29H29F2N7O3. The van der Waals surface area contributed by atoms with Crippen molar-refractivity contribution in [2.24, 2.45) is 7.05 Å². The van der Waals surface area contributed by atoms with E-state index in [0.29, 0.717) is 42.0 Å². The van der Waals surface area contributed by atoms with Crippen LogP contribution in [0.25, 0.3) is 22.0 Å². The molecule has 212 valence electrons. The lowest BCUT2D eigenvalue weighted by Gasteiger charge is -2.39. The minimum Gasteiger partial charge on any atom is -0.434 e. The lowest BCUT2D eigenvalue weighted by atomic mass is 10.1. The first-order valence-corrected chi connectivity index (χ1v) is 13.1. The van der Waals surface area contributed by atoms with Gasteiger partial charge in [-0.3, -0.25) is 19.0 Å². The first kappa shape index (κ1) is 27.8. The maximum absolute atomic E-state index is 13.0. The van der Waals surface area contributed by atoms with E-state index in [-0.39, 0.29) is 36.2 Å². The van der Waals surface area contributed by atoms with Gasteiger partial charge < -0.3 is 14.5 Å². The van der Waals surface area contributed by atoms with Crippen molar-refractivity contribution in [1.29, 1.82) is 5.26 Å². The second-order valence-electron chi connectivity index (χ2n) is 10.1. The fourth-order valence-electron chi connectivity index (χ4n) is 5.26. The second kappa shape index (κ2) is 11.4. The van der Waals surface area contributed by atoms with Crippen molar-refractivity contribution in [2.45, 2.75) is 39.5 Å². The Kier molecular flexibility index (Phi) is 7.70. The third-order valence-electron chi connectivity index (χ3n) is 7.35. The molecule has 0 radical (unpaired) electrons. The number of amides is 1. The van der Waals surface area contributed by atoms with Gasteiger partial charge in [0.15, 0.2) is 0 Å². The van der Waals surface area contributed by atoms with Gasteiger partial charge in [-0.05, 0) is 37.6 Å². The van der Waals surface area contributed by atoms with Crippen LogP contribution in [0.3, 0.4) is 0 Å². The molecule has 3 heterocycles. The zero-order valence-electron chi connectivity index (χ0n) is 22.9. The number of nitriles is 1. The van der Waals surface area contributed by atoms with Crippen LogP contribution in [0, 0.1) is 18.3 Å². The lowest BCUT2D eigenvalue weighted by molar-refractivity contribution is -0.132. The molecule has 1 aliphatic heterocycles. The number of alkyl halides is 2. The topological polar surface area (TPSA) is 109 Å². The van der Waals surface area contributed by atoms with Crippen molar-refractivity contribution in [1.82, 2.24) is 24.2 Å². The molecule has 4 aromatic rings. The van der Waals surface area contributed by atoms with Gasteiger partial charge in [0, 0.05) is 56.2 Å². The van der Waals surface area contributed by atoms with Crippen molar-refractivity contribution >= 4 is 22.8 Å². The number of aromatic nitrogens is 4. The van der Waals surface area contributed by atoms with Gasteiger partial charge in [0.25, 0.3) is 5.56 Å². The van der Waals surface area contributed by atoms with Crippen molar-refractivity contribution < 1.29 is 18.3 Å². The third kappa shape index (κ3) is 5.61. The Morgan fingerprint density at radius 1 is 1.15 bits per heavy atom. The monoisotopic (exact) mass is 561 g/mol. The average Bonchev–Trinajstić information content (AvgIpc) is 3.18. The summed E-state index contributed by atoms with van der Waals surface area (Å²) < 4.78 is 34.0. The Labute approximate surface area is 235 Å². The molecule has 0 N–H and O–H groups in total. The number of anilines is 1. The highest BCUT2D eigenvalue weighted by molar-refractivity contribution is 5.84. The zero-order chi connectivity index (χ0) is 29.3. The van der Waals surface area contributed by atoms with E-state index < -0.39 is 6.61 Å². The first-order valence-electron chi connectivity index (χ1n) is 13.1. The van der Waals surface area contributed by atoms with Crippen LogP contribution in [0.4, 0.5) is 14.7 Å². The number of rotatable bonds is 7. The summed E-state index contributed by atoms with van der Waals surface area (Å²) in [4.78, 5) is 38.0. The highest BCUT2D eigenvalue weighted by atomic mass is 19.3. The second-order valence-corrected chi connectivity index (χ2v) is 10.1. The number of carbonyl (C=O) groups is 1. The van der Waals surface area contributed by atoms with Gasteiger partial charge in [0.1, 0.15) is 12.2 Å². The summed E-state index contributed by atoms with van der Waals surface area (Å²) in [7, 11) is 1.64. The minimum absolute atomic E-state index is 0.0598. The lowest BCUT2D eigenvalue weighted by Crippen LogP contribution is -2.54. The third-order valence-corrected chi connectivity index (χ3v) is 7.35. The van der Waals surface area contributed by atoms with Gasteiger partial charge in [-0.15, -0.1) is 0 Å². The number of nitrogens with zero attached hydrogens (tertiary/aromatic N) is 7. The van der Waals surface area contributed by atoms with Crippen molar-refractivity contribution in [2.75, 3.05) is 24.5 Å². The number of halogens is 2. The van der Waals surface area contributed by atoms with E-state index in [4.69, 9.17) is 10.00 Å². The fourth-order valence-corrected chi connectivity index (χ4v) is 5.26. The zero-order valence-corrected chi connectivity index (χ0v) is 22.9. The summed E-state index contributed by atoms with van der Waals surface area (Å²) >= 11 is 0. The maximum Gasteiger partial charge on any atom is 0.387 e. The van der Waals surface area contributed by atoms with Crippen LogP contribution in [0.5, 0.6) is 5.75 Å². The molecule has 0 bridgehead atoms. The van der Waals surface area contributed by atoms with Crippen LogP contribution in [0.1, 0.15) is 24.5 Å². The minimum atomic E-state index is -2.96. The molecule has 0 saturated carbocycles. The Hall–Kier alpha value is -4.79. The summed E-state index contributed by atoms with van der Waals surface area (Å²) in [6.07, 6.45) is 3.29. The molecular weight excluding hydrogens is 532 g/mol. The predicted octanol–water partition coefficient (Wildman–Crippen LogP) is 3.71.